The highest BCUT2D eigenvalue weighted by atomic mass is 35.5. The minimum atomic E-state index is -0.113. The van der Waals surface area contributed by atoms with Gasteiger partial charge in [-0.15, -0.1) is 0 Å². The zero-order valence-electron chi connectivity index (χ0n) is 12.5. The van der Waals surface area contributed by atoms with Crippen LogP contribution in [0.5, 0.6) is 0 Å². The summed E-state index contributed by atoms with van der Waals surface area (Å²) in [5.74, 6) is 0.578. The van der Waals surface area contributed by atoms with E-state index >= 15 is 0 Å². The van der Waals surface area contributed by atoms with E-state index in [1.54, 1.807) is 36.0 Å². The number of nitrogens with zero attached hydrogens (tertiary/aromatic N) is 3. The van der Waals surface area contributed by atoms with E-state index in [1.165, 1.54) is 0 Å². The fraction of sp³-hybridized carbons (Fsp3) is 0.188. The zero-order valence-corrected chi connectivity index (χ0v) is 13.2. The Labute approximate surface area is 138 Å². The number of hydrogen-bond acceptors (Lipinski definition) is 4. The Morgan fingerprint density at radius 1 is 1.35 bits per heavy atom. The number of carbonyl (C=O) groups is 1. The maximum absolute atomic E-state index is 11.9. The molecule has 0 aliphatic carbocycles. The molecule has 1 amide bonds. The van der Waals surface area contributed by atoms with Gasteiger partial charge in [0.15, 0.2) is 0 Å². The summed E-state index contributed by atoms with van der Waals surface area (Å²) in [6, 6.07) is 9.12. The normalized spacial score (nSPS) is 10.7. The van der Waals surface area contributed by atoms with Crippen LogP contribution in [0.1, 0.15) is 17.0 Å². The molecule has 0 unspecified atom stereocenters. The lowest BCUT2D eigenvalue weighted by Gasteiger charge is -2.02. The van der Waals surface area contributed by atoms with Crippen LogP contribution in [-0.2, 0) is 17.8 Å². The van der Waals surface area contributed by atoms with Crippen molar-refractivity contribution in [1.29, 1.82) is 0 Å². The second-order valence-electron chi connectivity index (χ2n) is 5.15. The second kappa shape index (κ2) is 6.66. The van der Waals surface area contributed by atoms with E-state index in [4.69, 9.17) is 16.1 Å². The Kier molecular flexibility index (Phi) is 4.43. The van der Waals surface area contributed by atoms with Crippen LogP contribution in [0, 0.1) is 6.92 Å². The molecule has 118 valence electrons. The summed E-state index contributed by atoms with van der Waals surface area (Å²) in [6.07, 6.45) is 3.78. The molecule has 2 aromatic heterocycles. The predicted octanol–water partition coefficient (Wildman–Crippen LogP) is 2.68. The van der Waals surface area contributed by atoms with E-state index in [9.17, 15) is 4.79 Å². The monoisotopic (exact) mass is 330 g/mol. The van der Waals surface area contributed by atoms with Gasteiger partial charge in [0.25, 0.3) is 0 Å². The van der Waals surface area contributed by atoms with Crippen molar-refractivity contribution in [3.05, 3.63) is 64.8 Å². The van der Waals surface area contributed by atoms with Crippen LogP contribution in [0.15, 0.2) is 47.2 Å². The molecular weight excluding hydrogens is 316 g/mol. The predicted molar refractivity (Wildman–Crippen MR) is 85.4 cm³/mol. The number of nitrogens with one attached hydrogen (secondary N) is 1. The smallest absolute Gasteiger partial charge is 0.226 e. The molecule has 0 fully saturated rings. The van der Waals surface area contributed by atoms with Crippen molar-refractivity contribution in [2.45, 2.75) is 19.9 Å². The number of aromatic nitrogens is 3. The third-order valence-electron chi connectivity index (χ3n) is 3.24. The van der Waals surface area contributed by atoms with Crippen LogP contribution >= 0.6 is 11.6 Å². The maximum Gasteiger partial charge on any atom is 0.226 e. The molecule has 7 heteroatoms. The van der Waals surface area contributed by atoms with Crippen LogP contribution in [0.4, 0.5) is 0 Å². The van der Waals surface area contributed by atoms with Crippen molar-refractivity contribution in [1.82, 2.24) is 20.3 Å². The molecule has 2 heterocycles. The van der Waals surface area contributed by atoms with E-state index in [1.807, 2.05) is 18.3 Å². The Balaban J connectivity index is 1.56. The lowest BCUT2D eigenvalue weighted by molar-refractivity contribution is -0.120. The lowest BCUT2D eigenvalue weighted by atomic mass is 10.2. The number of carbonyl (C=O) groups excluding carboxylic acids is 1. The molecule has 23 heavy (non-hydrogen) atoms. The lowest BCUT2D eigenvalue weighted by Crippen LogP contribution is -2.24. The topological polar surface area (TPSA) is 73.0 Å². The summed E-state index contributed by atoms with van der Waals surface area (Å²) in [5, 5.41) is 11.6. The molecule has 0 aliphatic rings. The second-order valence-corrected chi connectivity index (χ2v) is 5.59. The molecule has 0 atom stereocenters. The molecule has 3 aromatic rings. The van der Waals surface area contributed by atoms with E-state index < -0.39 is 0 Å². The summed E-state index contributed by atoms with van der Waals surface area (Å²) in [5.41, 5.74) is 2.44. The molecule has 0 bridgehead atoms. The number of benzene rings is 1. The first-order valence-electron chi connectivity index (χ1n) is 7.08. The first-order valence-corrected chi connectivity index (χ1v) is 7.46. The van der Waals surface area contributed by atoms with Gasteiger partial charge in [0.05, 0.1) is 24.0 Å². The van der Waals surface area contributed by atoms with Gasteiger partial charge in [0.2, 0.25) is 5.91 Å². The van der Waals surface area contributed by atoms with E-state index in [-0.39, 0.29) is 12.3 Å². The average Bonchev–Trinajstić information content (AvgIpc) is 3.15. The first kappa shape index (κ1) is 15.3. The largest absolute Gasteiger partial charge is 0.361 e. The van der Waals surface area contributed by atoms with Gasteiger partial charge in [0.1, 0.15) is 5.76 Å². The fourth-order valence-corrected chi connectivity index (χ4v) is 2.24. The average molecular weight is 331 g/mol. The molecule has 3 rings (SSSR count). The highest BCUT2D eigenvalue weighted by Gasteiger charge is 2.08. The molecule has 0 spiro atoms. The minimum absolute atomic E-state index is 0.113. The molecule has 0 saturated carbocycles. The van der Waals surface area contributed by atoms with Crippen LogP contribution in [0.3, 0.4) is 0 Å². The van der Waals surface area contributed by atoms with Gasteiger partial charge in [-0.1, -0.05) is 16.8 Å². The van der Waals surface area contributed by atoms with Crippen molar-refractivity contribution in [3.8, 4) is 5.69 Å². The number of aryl methyl sites for hydroxylation is 1. The number of halogens is 1. The number of amides is 1. The van der Waals surface area contributed by atoms with E-state index in [2.05, 4.69) is 15.6 Å². The molecule has 0 aliphatic heterocycles. The van der Waals surface area contributed by atoms with E-state index in [0.717, 1.165) is 11.3 Å². The molecule has 0 saturated heterocycles. The minimum Gasteiger partial charge on any atom is -0.361 e. The first-order chi connectivity index (χ1) is 11.1. The molecule has 1 N–H and O–H groups in total. The van der Waals surface area contributed by atoms with Gasteiger partial charge < -0.3 is 9.84 Å². The van der Waals surface area contributed by atoms with Crippen LogP contribution in [-0.4, -0.2) is 20.8 Å². The van der Waals surface area contributed by atoms with Crippen molar-refractivity contribution >= 4 is 17.5 Å². The van der Waals surface area contributed by atoms with Crippen molar-refractivity contribution in [2.24, 2.45) is 0 Å². The van der Waals surface area contributed by atoms with Crippen LogP contribution in [0.2, 0.25) is 5.02 Å². The summed E-state index contributed by atoms with van der Waals surface area (Å²) >= 11 is 5.87. The van der Waals surface area contributed by atoms with Gasteiger partial charge in [-0.3, -0.25) is 4.79 Å². The van der Waals surface area contributed by atoms with E-state index in [0.29, 0.717) is 23.0 Å². The van der Waals surface area contributed by atoms with Gasteiger partial charge in [-0.05, 0) is 31.2 Å². The maximum atomic E-state index is 11.9. The van der Waals surface area contributed by atoms with Crippen molar-refractivity contribution in [3.63, 3.8) is 0 Å². The Bertz CT molecular complexity index is 808. The number of rotatable bonds is 5. The highest BCUT2D eigenvalue weighted by Crippen LogP contribution is 2.13. The van der Waals surface area contributed by atoms with Gasteiger partial charge in [-0.25, -0.2) is 4.68 Å². The summed E-state index contributed by atoms with van der Waals surface area (Å²) in [7, 11) is 0. The Hall–Kier alpha value is -2.60. The van der Waals surface area contributed by atoms with Gasteiger partial charge in [-0.2, -0.15) is 5.10 Å². The fourth-order valence-electron chi connectivity index (χ4n) is 2.12. The van der Waals surface area contributed by atoms with Crippen molar-refractivity contribution < 1.29 is 9.32 Å². The van der Waals surface area contributed by atoms with Crippen molar-refractivity contribution in [2.75, 3.05) is 0 Å². The number of hydrogen-bond donors (Lipinski definition) is 1. The summed E-state index contributed by atoms with van der Waals surface area (Å²) in [6.45, 7) is 2.20. The third-order valence-corrected chi connectivity index (χ3v) is 3.49. The molecule has 1 aromatic carbocycles. The summed E-state index contributed by atoms with van der Waals surface area (Å²) < 4.78 is 6.67. The molecular formula is C16H15ClN4O2. The summed E-state index contributed by atoms with van der Waals surface area (Å²) in [4.78, 5) is 11.9. The Morgan fingerprint density at radius 2 is 2.13 bits per heavy atom. The third kappa shape index (κ3) is 3.98. The quantitative estimate of drug-likeness (QED) is 0.780. The molecule has 0 radical (unpaired) electrons. The Morgan fingerprint density at radius 3 is 2.83 bits per heavy atom. The van der Waals surface area contributed by atoms with Gasteiger partial charge >= 0.3 is 0 Å². The zero-order chi connectivity index (χ0) is 16.2. The highest BCUT2D eigenvalue weighted by molar-refractivity contribution is 6.30. The van der Waals surface area contributed by atoms with Gasteiger partial charge in [0, 0.05) is 29.4 Å². The SMILES string of the molecule is Cc1cc(CC(=O)NCc2cnn(-c3ccc(Cl)cc3)c2)no1. The van der Waals surface area contributed by atoms with Crippen LogP contribution in [0.25, 0.3) is 5.69 Å². The molecule has 6 nitrogen and oxygen atoms in total. The van der Waals surface area contributed by atoms with Crippen LogP contribution < -0.4 is 5.32 Å². The standard InChI is InChI=1S/C16H15ClN4O2/c1-11-6-14(20-23-11)7-16(22)18-8-12-9-19-21(10-12)15-4-2-13(17)3-5-15/h2-6,9-10H,7-8H2,1H3,(H,18,22).